The summed E-state index contributed by atoms with van der Waals surface area (Å²) in [6.45, 7) is 8.19. The Labute approximate surface area is 108 Å². The first kappa shape index (κ1) is 12.8. The van der Waals surface area contributed by atoms with Gasteiger partial charge in [0.1, 0.15) is 12.2 Å². The van der Waals surface area contributed by atoms with E-state index in [-0.39, 0.29) is 0 Å². The van der Waals surface area contributed by atoms with Gasteiger partial charge in [0.05, 0.1) is 12.2 Å². The van der Waals surface area contributed by atoms with E-state index in [0.29, 0.717) is 5.92 Å². The van der Waals surface area contributed by atoms with Gasteiger partial charge < -0.3 is 5.32 Å². The molecule has 0 radical (unpaired) electrons. The van der Waals surface area contributed by atoms with Gasteiger partial charge in [-0.25, -0.2) is 9.67 Å². The average molecular weight is 244 g/mol. The molecule has 1 heterocycles. The van der Waals surface area contributed by atoms with Crippen molar-refractivity contribution in [3.05, 3.63) is 42.0 Å². The average Bonchev–Trinajstić information content (AvgIpc) is 2.77. The zero-order valence-corrected chi connectivity index (χ0v) is 11.2. The van der Waals surface area contributed by atoms with E-state index in [2.05, 4.69) is 48.3 Å². The summed E-state index contributed by atoms with van der Waals surface area (Å²) < 4.78 is 1.89. The van der Waals surface area contributed by atoms with Crippen molar-refractivity contribution < 1.29 is 0 Å². The van der Waals surface area contributed by atoms with Crippen molar-refractivity contribution in [1.82, 2.24) is 20.1 Å². The number of nitrogens with zero attached hydrogens (tertiary/aromatic N) is 3. The highest BCUT2D eigenvalue weighted by Gasteiger charge is 2.06. The van der Waals surface area contributed by atoms with Gasteiger partial charge in [0.15, 0.2) is 0 Å². The highest BCUT2D eigenvalue weighted by atomic mass is 15.3. The summed E-state index contributed by atoms with van der Waals surface area (Å²) in [6, 6.07) is 8.28. The maximum Gasteiger partial charge on any atom is 0.146 e. The Balaban J connectivity index is 2.12. The maximum absolute atomic E-state index is 4.31. The molecule has 0 fully saturated rings. The van der Waals surface area contributed by atoms with E-state index in [9.17, 15) is 0 Å². The van der Waals surface area contributed by atoms with Gasteiger partial charge in [-0.1, -0.05) is 26.0 Å². The second-order valence-corrected chi connectivity index (χ2v) is 4.95. The number of aromatic nitrogens is 3. The lowest BCUT2D eigenvalue weighted by atomic mass is 10.2. The minimum atomic E-state index is 0.639. The van der Waals surface area contributed by atoms with Crippen LogP contribution in [0.25, 0.3) is 5.69 Å². The molecule has 0 bridgehead atoms. The highest BCUT2D eigenvalue weighted by Crippen LogP contribution is 2.10. The summed E-state index contributed by atoms with van der Waals surface area (Å²) in [4.78, 5) is 4.31. The summed E-state index contributed by atoms with van der Waals surface area (Å²) in [5.41, 5.74) is 2.29. The van der Waals surface area contributed by atoms with Gasteiger partial charge in [-0.3, -0.25) is 0 Å². The molecule has 1 aromatic carbocycles. The lowest BCUT2D eigenvalue weighted by Gasteiger charge is -2.09. The highest BCUT2D eigenvalue weighted by molar-refractivity contribution is 5.35. The van der Waals surface area contributed by atoms with Gasteiger partial charge in [0, 0.05) is 0 Å². The van der Waals surface area contributed by atoms with Crippen LogP contribution in [-0.2, 0) is 6.54 Å². The quantitative estimate of drug-likeness (QED) is 0.877. The zero-order valence-electron chi connectivity index (χ0n) is 11.2. The molecule has 4 heteroatoms. The van der Waals surface area contributed by atoms with E-state index in [4.69, 9.17) is 0 Å². The predicted molar refractivity (Wildman–Crippen MR) is 72.6 cm³/mol. The Bertz CT molecular complexity index is 502. The fourth-order valence-corrected chi connectivity index (χ4v) is 1.83. The van der Waals surface area contributed by atoms with Crippen LogP contribution in [0, 0.1) is 12.8 Å². The minimum Gasteiger partial charge on any atom is -0.310 e. The monoisotopic (exact) mass is 244 g/mol. The fraction of sp³-hybridized carbons (Fsp3) is 0.429. The fourth-order valence-electron chi connectivity index (χ4n) is 1.83. The van der Waals surface area contributed by atoms with Gasteiger partial charge >= 0.3 is 0 Å². The molecule has 2 rings (SSSR count). The van der Waals surface area contributed by atoms with E-state index in [1.54, 1.807) is 6.33 Å². The normalized spacial score (nSPS) is 11.1. The smallest absolute Gasteiger partial charge is 0.146 e. The van der Waals surface area contributed by atoms with E-state index in [1.807, 2.05) is 16.8 Å². The molecule has 0 atom stereocenters. The molecule has 0 aliphatic rings. The molecule has 0 amide bonds. The van der Waals surface area contributed by atoms with Gasteiger partial charge in [-0.2, -0.15) is 5.10 Å². The molecule has 0 aliphatic heterocycles. The summed E-state index contributed by atoms with van der Waals surface area (Å²) >= 11 is 0. The van der Waals surface area contributed by atoms with Crippen LogP contribution in [0.15, 0.2) is 30.6 Å². The number of benzene rings is 1. The maximum atomic E-state index is 4.31. The van der Waals surface area contributed by atoms with Crippen LogP contribution >= 0.6 is 0 Å². The standard InChI is InChI=1S/C14H20N4/c1-11(2)8-15-9-14-16-10-17-18(14)13-6-4-5-12(3)7-13/h4-7,10-11,15H,8-9H2,1-3H3. The molecule has 1 aromatic heterocycles. The van der Waals surface area contributed by atoms with Gasteiger partial charge in [0.25, 0.3) is 0 Å². The van der Waals surface area contributed by atoms with Crippen molar-refractivity contribution in [2.24, 2.45) is 5.92 Å². The minimum absolute atomic E-state index is 0.639. The van der Waals surface area contributed by atoms with Gasteiger partial charge in [-0.15, -0.1) is 0 Å². The molecule has 4 nitrogen and oxygen atoms in total. The Kier molecular flexibility index (Phi) is 4.10. The lowest BCUT2D eigenvalue weighted by molar-refractivity contribution is 0.538. The predicted octanol–water partition coefficient (Wildman–Crippen LogP) is 2.32. The Morgan fingerprint density at radius 1 is 1.33 bits per heavy atom. The van der Waals surface area contributed by atoms with Crippen LogP contribution < -0.4 is 5.32 Å². The molecule has 0 saturated carbocycles. The molecule has 0 unspecified atom stereocenters. The molecule has 2 aromatic rings. The Hall–Kier alpha value is -1.68. The van der Waals surface area contributed by atoms with Gasteiger partial charge in [0.2, 0.25) is 0 Å². The number of hydrogen-bond donors (Lipinski definition) is 1. The molecule has 96 valence electrons. The van der Waals surface area contributed by atoms with Crippen LogP contribution in [0.4, 0.5) is 0 Å². The number of rotatable bonds is 5. The van der Waals surface area contributed by atoms with Gasteiger partial charge in [-0.05, 0) is 37.1 Å². The van der Waals surface area contributed by atoms with Crippen molar-refractivity contribution in [1.29, 1.82) is 0 Å². The molecule has 0 aliphatic carbocycles. The van der Waals surface area contributed by atoms with Crippen molar-refractivity contribution >= 4 is 0 Å². The first-order valence-electron chi connectivity index (χ1n) is 6.33. The third-order valence-corrected chi connectivity index (χ3v) is 2.70. The number of nitrogens with one attached hydrogen (secondary N) is 1. The van der Waals surface area contributed by atoms with Crippen LogP contribution in [0.3, 0.4) is 0 Å². The molecule has 0 spiro atoms. The van der Waals surface area contributed by atoms with Crippen LogP contribution in [0.1, 0.15) is 25.2 Å². The molecular formula is C14H20N4. The topological polar surface area (TPSA) is 42.7 Å². The van der Waals surface area contributed by atoms with E-state index < -0.39 is 0 Å². The third-order valence-electron chi connectivity index (χ3n) is 2.70. The van der Waals surface area contributed by atoms with E-state index in [1.165, 1.54) is 5.56 Å². The molecule has 1 N–H and O–H groups in total. The summed E-state index contributed by atoms with van der Waals surface area (Å²) in [7, 11) is 0. The second-order valence-electron chi connectivity index (χ2n) is 4.95. The van der Waals surface area contributed by atoms with E-state index >= 15 is 0 Å². The third kappa shape index (κ3) is 3.17. The first-order chi connectivity index (χ1) is 8.66. The number of hydrogen-bond acceptors (Lipinski definition) is 3. The molecule has 0 saturated heterocycles. The molecular weight excluding hydrogens is 224 g/mol. The Morgan fingerprint density at radius 3 is 2.89 bits per heavy atom. The number of aryl methyl sites for hydroxylation is 1. The first-order valence-corrected chi connectivity index (χ1v) is 6.33. The largest absolute Gasteiger partial charge is 0.310 e. The van der Waals surface area contributed by atoms with Crippen molar-refractivity contribution in [3.8, 4) is 5.69 Å². The van der Waals surface area contributed by atoms with Crippen LogP contribution in [-0.4, -0.2) is 21.3 Å². The van der Waals surface area contributed by atoms with Crippen LogP contribution in [0.5, 0.6) is 0 Å². The van der Waals surface area contributed by atoms with Crippen molar-refractivity contribution in [2.45, 2.75) is 27.3 Å². The summed E-state index contributed by atoms with van der Waals surface area (Å²) in [6.07, 6.45) is 1.61. The van der Waals surface area contributed by atoms with Crippen LogP contribution in [0.2, 0.25) is 0 Å². The second kappa shape index (κ2) is 5.78. The summed E-state index contributed by atoms with van der Waals surface area (Å²) in [5, 5.41) is 7.68. The summed E-state index contributed by atoms with van der Waals surface area (Å²) in [5.74, 6) is 1.58. The zero-order chi connectivity index (χ0) is 13.0. The van der Waals surface area contributed by atoms with E-state index in [0.717, 1.165) is 24.6 Å². The SMILES string of the molecule is Cc1cccc(-n2ncnc2CNCC(C)C)c1. The lowest BCUT2D eigenvalue weighted by Crippen LogP contribution is -2.21. The Morgan fingerprint density at radius 2 is 2.17 bits per heavy atom. The van der Waals surface area contributed by atoms with Crippen molar-refractivity contribution in [3.63, 3.8) is 0 Å². The molecule has 18 heavy (non-hydrogen) atoms. The van der Waals surface area contributed by atoms with Crippen molar-refractivity contribution in [2.75, 3.05) is 6.54 Å².